The topological polar surface area (TPSA) is 89.5 Å². The molecule has 1 aromatic carbocycles. The van der Waals surface area contributed by atoms with Crippen LogP contribution < -0.4 is 10.1 Å². The fourth-order valence-electron chi connectivity index (χ4n) is 3.14. The molecule has 1 fully saturated rings. The molecule has 9 heteroatoms. The van der Waals surface area contributed by atoms with Gasteiger partial charge in [-0.15, -0.1) is 11.3 Å². The van der Waals surface area contributed by atoms with Gasteiger partial charge in [-0.1, -0.05) is 25.7 Å². The third-order valence-electron chi connectivity index (χ3n) is 4.68. The smallest absolute Gasteiger partial charge is 0.273 e. The molecule has 1 aliphatic rings. The number of rotatable bonds is 4. The zero-order chi connectivity index (χ0) is 19.4. The van der Waals surface area contributed by atoms with Crippen LogP contribution in [0.2, 0.25) is 0 Å². The Kier molecular flexibility index (Phi) is 6.00. The quantitative estimate of drug-likeness (QED) is 0.484. The maximum Gasteiger partial charge on any atom is 0.273 e. The summed E-state index contributed by atoms with van der Waals surface area (Å²) in [6, 6.07) is 3.30. The molecule has 1 saturated carbocycles. The summed E-state index contributed by atoms with van der Waals surface area (Å²) in [5.74, 6) is -1.26. The Balaban J connectivity index is 1.81. The Hall–Kier alpha value is -2.55. The fourth-order valence-corrected chi connectivity index (χ4v) is 4.09. The highest BCUT2D eigenvalue weighted by molar-refractivity contribution is 7.07. The Morgan fingerprint density at radius 1 is 1.33 bits per heavy atom. The van der Waals surface area contributed by atoms with Crippen molar-refractivity contribution in [1.29, 1.82) is 0 Å². The average molecular weight is 392 g/mol. The average Bonchev–Trinajstić information content (AvgIpc) is 2.83. The van der Waals surface area contributed by atoms with Crippen LogP contribution in [0.4, 0.5) is 15.8 Å². The van der Waals surface area contributed by atoms with Gasteiger partial charge in [0.15, 0.2) is 4.80 Å². The molecule has 144 valence electrons. The first kappa shape index (κ1) is 19.2. The maximum atomic E-state index is 13.9. The summed E-state index contributed by atoms with van der Waals surface area (Å²) >= 11 is 1.36. The van der Waals surface area contributed by atoms with Crippen molar-refractivity contribution in [2.75, 3.05) is 5.32 Å². The number of carbonyl (C=O) groups excluding carboxylic acids is 1. The van der Waals surface area contributed by atoms with Crippen molar-refractivity contribution in [2.24, 2.45) is 12.0 Å². The summed E-state index contributed by atoms with van der Waals surface area (Å²) in [6.07, 6.45) is 6.93. The molecule has 3 rings (SSSR count). The Morgan fingerprint density at radius 2 is 2.04 bits per heavy atom. The minimum atomic E-state index is -0.727. The molecule has 0 bridgehead atoms. The van der Waals surface area contributed by atoms with Gasteiger partial charge in [0, 0.05) is 24.6 Å². The molecular weight excluding hydrogens is 371 g/mol. The minimum absolute atomic E-state index is 0.220. The van der Waals surface area contributed by atoms with E-state index in [9.17, 15) is 19.3 Å². The second kappa shape index (κ2) is 8.43. The van der Waals surface area contributed by atoms with E-state index in [1.165, 1.54) is 37.0 Å². The Morgan fingerprint density at radius 3 is 2.70 bits per heavy atom. The van der Waals surface area contributed by atoms with E-state index in [1.54, 1.807) is 17.0 Å². The van der Waals surface area contributed by atoms with Crippen molar-refractivity contribution in [2.45, 2.75) is 44.6 Å². The van der Waals surface area contributed by atoms with Crippen molar-refractivity contribution >= 4 is 28.6 Å². The molecule has 0 spiro atoms. The molecular formula is C18H21FN4O3S. The van der Waals surface area contributed by atoms with E-state index in [0.717, 1.165) is 35.8 Å². The molecule has 0 saturated heterocycles. The van der Waals surface area contributed by atoms with Crippen LogP contribution in [-0.2, 0) is 7.05 Å². The third kappa shape index (κ3) is 4.60. The monoisotopic (exact) mass is 392 g/mol. The predicted octanol–water partition coefficient (Wildman–Crippen LogP) is 4.01. The molecule has 27 heavy (non-hydrogen) atoms. The van der Waals surface area contributed by atoms with E-state index in [4.69, 9.17) is 4.99 Å². The van der Waals surface area contributed by atoms with E-state index in [0.29, 0.717) is 5.69 Å². The first-order valence-corrected chi connectivity index (χ1v) is 9.77. The summed E-state index contributed by atoms with van der Waals surface area (Å²) in [5.41, 5.74) is -0.175. The number of thiazole rings is 1. The zero-order valence-corrected chi connectivity index (χ0v) is 15.8. The van der Waals surface area contributed by atoms with Crippen LogP contribution in [0.1, 0.15) is 49.0 Å². The summed E-state index contributed by atoms with van der Waals surface area (Å²) in [5, 5.41) is 14.9. The summed E-state index contributed by atoms with van der Waals surface area (Å²) in [4.78, 5) is 28.3. The van der Waals surface area contributed by atoms with E-state index < -0.39 is 16.6 Å². The number of amides is 1. The molecule has 7 nitrogen and oxygen atoms in total. The van der Waals surface area contributed by atoms with Crippen molar-refractivity contribution in [1.82, 2.24) is 4.57 Å². The molecule has 0 unspecified atom stereocenters. The van der Waals surface area contributed by atoms with Crippen LogP contribution in [0.5, 0.6) is 0 Å². The molecule has 1 aliphatic carbocycles. The number of hydrogen-bond acceptors (Lipinski definition) is 5. The molecule has 1 N–H and O–H groups in total. The highest BCUT2D eigenvalue weighted by Crippen LogP contribution is 2.22. The van der Waals surface area contributed by atoms with Crippen LogP contribution >= 0.6 is 11.3 Å². The van der Waals surface area contributed by atoms with Gasteiger partial charge in [-0.05, 0) is 18.9 Å². The summed E-state index contributed by atoms with van der Waals surface area (Å²) in [6.45, 7) is 0. The van der Waals surface area contributed by atoms with Gasteiger partial charge >= 0.3 is 0 Å². The lowest BCUT2D eigenvalue weighted by atomic mass is 10.1. The first-order valence-electron chi connectivity index (χ1n) is 8.89. The number of nitro benzene ring substituents is 1. The van der Waals surface area contributed by atoms with Gasteiger partial charge in [0.05, 0.1) is 16.7 Å². The van der Waals surface area contributed by atoms with Gasteiger partial charge in [0.25, 0.3) is 11.6 Å². The number of carbonyl (C=O) groups is 1. The predicted molar refractivity (Wildman–Crippen MR) is 101 cm³/mol. The van der Waals surface area contributed by atoms with Gasteiger partial charge in [-0.3, -0.25) is 19.9 Å². The van der Waals surface area contributed by atoms with Crippen LogP contribution in [0.15, 0.2) is 28.6 Å². The molecule has 0 radical (unpaired) electrons. The van der Waals surface area contributed by atoms with Gasteiger partial charge < -0.3 is 9.88 Å². The molecule has 1 amide bonds. The lowest BCUT2D eigenvalue weighted by Crippen LogP contribution is -2.23. The SMILES string of the molecule is Cn1c(C(=O)Nc2cc([N+](=O)[O-])ccc2F)csc1=NC1CCCCCC1. The highest BCUT2D eigenvalue weighted by atomic mass is 32.1. The molecule has 0 atom stereocenters. The van der Waals surface area contributed by atoms with E-state index >= 15 is 0 Å². The first-order chi connectivity index (χ1) is 13.0. The second-order valence-electron chi connectivity index (χ2n) is 6.61. The van der Waals surface area contributed by atoms with Crippen molar-refractivity contribution in [3.8, 4) is 0 Å². The van der Waals surface area contributed by atoms with Crippen LogP contribution in [-0.4, -0.2) is 21.4 Å². The van der Waals surface area contributed by atoms with Crippen LogP contribution in [0, 0.1) is 15.9 Å². The van der Waals surface area contributed by atoms with Gasteiger partial charge in [0.2, 0.25) is 0 Å². The van der Waals surface area contributed by atoms with Gasteiger partial charge in [0.1, 0.15) is 11.5 Å². The maximum absolute atomic E-state index is 13.9. The largest absolute Gasteiger partial charge is 0.318 e. The number of nitrogens with one attached hydrogen (secondary N) is 1. The molecule has 1 aromatic heterocycles. The third-order valence-corrected chi connectivity index (χ3v) is 5.61. The number of nitro groups is 1. The van der Waals surface area contributed by atoms with Gasteiger partial charge in [-0.25, -0.2) is 4.39 Å². The fraction of sp³-hybridized carbons (Fsp3) is 0.444. The Bertz CT molecular complexity index is 914. The summed E-state index contributed by atoms with van der Waals surface area (Å²) in [7, 11) is 1.74. The minimum Gasteiger partial charge on any atom is -0.318 e. The van der Waals surface area contributed by atoms with Crippen molar-refractivity contribution in [3.05, 3.63) is 50.0 Å². The number of hydrogen-bond donors (Lipinski definition) is 1. The standard InChI is InChI=1S/C18H21FN4O3S/c1-22-16(11-27-18(22)20-12-6-4-2-3-5-7-12)17(24)21-15-10-13(23(25)26)8-9-14(15)19/h8-12H,2-7H2,1H3,(H,21,24). The molecule has 0 aliphatic heterocycles. The van der Waals surface area contributed by atoms with E-state index in [2.05, 4.69) is 5.32 Å². The van der Waals surface area contributed by atoms with Crippen molar-refractivity contribution in [3.63, 3.8) is 0 Å². The highest BCUT2D eigenvalue weighted by Gasteiger charge is 2.17. The van der Waals surface area contributed by atoms with Gasteiger partial charge in [-0.2, -0.15) is 0 Å². The normalized spacial score (nSPS) is 16.1. The Labute approximate surface area is 159 Å². The molecule has 1 heterocycles. The van der Waals surface area contributed by atoms with E-state index in [1.807, 2.05) is 0 Å². The number of nitrogens with zero attached hydrogens (tertiary/aromatic N) is 3. The second-order valence-corrected chi connectivity index (χ2v) is 7.45. The van der Waals surface area contributed by atoms with Crippen LogP contribution in [0.3, 0.4) is 0 Å². The lowest BCUT2D eigenvalue weighted by Gasteiger charge is -2.08. The zero-order valence-electron chi connectivity index (χ0n) is 15.0. The number of anilines is 1. The van der Waals surface area contributed by atoms with Crippen LogP contribution in [0.25, 0.3) is 0 Å². The number of aromatic nitrogens is 1. The van der Waals surface area contributed by atoms with Crippen molar-refractivity contribution < 1.29 is 14.1 Å². The van der Waals surface area contributed by atoms with E-state index in [-0.39, 0.29) is 17.4 Å². The molecule has 2 aromatic rings. The lowest BCUT2D eigenvalue weighted by molar-refractivity contribution is -0.384. The number of non-ortho nitro benzene ring substituents is 1. The number of benzene rings is 1. The summed E-state index contributed by atoms with van der Waals surface area (Å²) < 4.78 is 15.6. The number of halogens is 1.